The Kier molecular flexibility index (Phi) is 2.13. The summed E-state index contributed by atoms with van der Waals surface area (Å²) in [6.07, 6.45) is 4.05. The molecule has 0 amide bonds. The standard InChI is InChI=1S/C10H19NO/c1-9(2)11-6-8-12-7-5-10(11)3-4-10/h9H,3-8H2,1-2H3. The van der Waals surface area contributed by atoms with Gasteiger partial charge in [-0.2, -0.15) is 0 Å². The summed E-state index contributed by atoms with van der Waals surface area (Å²) in [7, 11) is 0. The first-order valence-electron chi connectivity index (χ1n) is 5.09. The Morgan fingerprint density at radius 3 is 2.50 bits per heavy atom. The molecule has 2 heteroatoms. The largest absolute Gasteiger partial charge is 0.380 e. The smallest absolute Gasteiger partial charge is 0.0593 e. The van der Waals surface area contributed by atoms with Gasteiger partial charge in [0.05, 0.1) is 6.61 Å². The number of nitrogens with zero attached hydrogens (tertiary/aromatic N) is 1. The minimum Gasteiger partial charge on any atom is -0.380 e. The normalized spacial score (nSPS) is 29.2. The Balaban J connectivity index is 2.06. The maximum Gasteiger partial charge on any atom is 0.0593 e. The molecule has 2 fully saturated rings. The van der Waals surface area contributed by atoms with E-state index in [1.165, 1.54) is 19.3 Å². The van der Waals surface area contributed by atoms with E-state index in [1.54, 1.807) is 0 Å². The first-order valence-corrected chi connectivity index (χ1v) is 5.09. The van der Waals surface area contributed by atoms with Gasteiger partial charge in [-0.1, -0.05) is 0 Å². The molecular weight excluding hydrogens is 150 g/mol. The number of rotatable bonds is 1. The molecule has 0 aromatic rings. The van der Waals surface area contributed by atoms with Crippen LogP contribution < -0.4 is 0 Å². The van der Waals surface area contributed by atoms with Crippen molar-refractivity contribution in [3.05, 3.63) is 0 Å². The van der Waals surface area contributed by atoms with E-state index in [0.29, 0.717) is 11.6 Å². The van der Waals surface area contributed by atoms with Crippen LogP contribution in [0.3, 0.4) is 0 Å². The maximum atomic E-state index is 5.51. The van der Waals surface area contributed by atoms with Gasteiger partial charge in [-0.3, -0.25) is 4.90 Å². The number of hydrogen-bond donors (Lipinski definition) is 0. The molecule has 0 N–H and O–H groups in total. The molecule has 0 aromatic heterocycles. The van der Waals surface area contributed by atoms with Gasteiger partial charge in [0.2, 0.25) is 0 Å². The van der Waals surface area contributed by atoms with E-state index in [-0.39, 0.29) is 0 Å². The second-order valence-electron chi connectivity index (χ2n) is 4.37. The fourth-order valence-corrected chi connectivity index (χ4v) is 2.40. The summed E-state index contributed by atoms with van der Waals surface area (Å²) in [4.78, 5) is 2.64. The second-order valence-corrected chi connectivity index (χ2v) is 4.37. The van der Waals surface area contributed by atoms with Gasteiger partial charge in [-0.25, -0.2) is 0 Å². The zero-order valence-corrected chi connectivity index (χ0v) is 8.18. The molecular formula is C10H19NO. The van der Waals surface area contributed by atoms with Gasteiger partial charge in [-0.05, 0) is 33.1 Å². The quantitative estimate of drug-likeness (QED) is 0.592. The molecule has 0 radical (unpaired) electrons. The molecule has 0 unspecified atom stereocenters. The molecule has 1 aliphatic carbocycles. The highest BCUT2D eigenvalue weighted by Crippen LogP contribution is 2.46. The van der Waals surface area contributed by atoms with Crippen molar-refractivity contribution in [2.24, 2.45) is 0 Å². The molecule has 1 spiro atoms. The van der Waals surface area contributed by atoms with Crippen molar-refractivity contribution in [2.75, 3.05) is 19.8 Å². The van der Waals surface area contributed by atoms with Gasteiger partial charge in [-0.15, -0.1) is 0 Å². The lowest BCUT2D eigenvalue weighted by atomic mass is 10.1. The molecule has 1 saturated heterocycles. The first kappa shape index (κ1) is 8.52. The van der Waals surface area contributed by atoms with Crippen LogP contribution in [0, 0.1) is 0 Å². The van der Waals surface area contributed by atoms with Crippen LogP contribution in [0.15, 0.2) is 0 Å². The van der Waals surface area contributed by atoms with Gasteiger partial charge >= 0.3 is 0 Å². The summed E-state index contributed by atoms with van der Waals surface area (Å²) >= 11 is 0. The van der Waals surface area contributed by atoms with E-state index < -0.39 is 0 Å². The first-order chi connectivity index (χ1) is 5.75. The monoisotopic (exact) mass is 169 g/mol. The molecule has 2 rings (SSSR count). The Labute approximate surface area is 74.9 Å². The van der Waals surface area contributed by atoms with Crippen molar-refractivity contribution in [2.45, 2.75) is 44.7 Å². The summed E-state index contributed by atoms with van der Waals surface area (Å²) < 4.78 is 5.51. The lowest BCUT2D eigenvalue weighted by Crippen LogP contribution is -2.42. The lowest BCUT2D eigenvalue weighted by molar-refractivity contribution is 0.124. The van der Waals surface area contributed by atoms with Crippen LogP contribution in [0.1, 0.15) is 33.1 Å². The molecule has 0 atom stereocenters. The van der Waals surface area contributed by atoms with E-state index in [9.17, 15) is 0 Å². The Bertz CT molecular complexity index is 163. The van der Waals surface area contributed by atoms with E-state index >= 15 is 0 Å². The highest BCUT2D eigenvalue weighted by molar-refractivity contribution is 5.05. The van der Waals surface area contributed by atoms with Crippen LogP contribution in [0.2, 0.25) is 0 Å². The molecule has 70 valence electrons. The van der Waals surface area contributed by atoms with E-state index in [4.69, 9.17) is 4.74 Å². The third-order valence-electron chi connectivity index (χ3n) is 3.25. The predicted molar refractivity (Wildman–Crippen MR) is 49.2 cm³/mol. The zero-order valence-electron chi connectivity index (χ0n) is 8.18. The van der Waals surface area contributed by atoms with E-state index in [2.05, 4.69) is 18.7 Å². The topological polar surface area (TPSA) is 12.5 Å². The predicted octanol–water partition coefficient (Wildman–Crippen LogP) is 1.65. The van der Waals surface area contributed by atoms with Crippen molar-refractivity contribution in [1.29, 1.82) is 0 Å². The van der Waals surface area contributed by atoms with Gasteiger partial charge in [0, 0.05) is 24.7 Å². The highest BCUT2D eigenvalue weighted by atomic mass is 16.5. The number of hydrogen-bond acceptors (Lipinski definition) is 2. The van der Waals surface area contributed by atoms with Crippen LogP contribution in [-0.4, -0.2) is 36.2 Å². The lowest BCUT2D eigenvalue weighted by Gasteiger charge is -2.32. The fourth-order valence-electron chi connectivity index (χ4n) is 2.40. The summed E-state index contributed by atoms with van der Waals surface area (Å²) in [5, 5.41) is 0. The van der Waals surface area contributed by atoms with Gasteiger partial charge in [0.15, 0.2) is 0 Å². The third kappa shape index (κ3) is 1.38. The Hall–Kier alpha value is -0.0800. The molecule has 2 nitrogen and oxygen atoms in total. The fraction of sp³-hybridized carbons (Fsp3) is 1.00. The minimum absolute atomic E-state index is 0.560. The summed E-state index contributed by atoms with van der Waals surface area (Å²) in [5.74, 6) is 0. The Morgan fingerprint density at radius 1 is 1.17 bits per heavy atom. The van der Waals surface area contributed by atoms with Gasteiger partial charge < -0.3 is 4.74 Å². The molecule has 1 saturated carbocycles. The maximum absolute atomic E-state index is 5.51. The van der Waals surface area contributed by atoms with Crippen molar-refractivity contribution < 1.29 is 4.74 Å². The zero-order chi connectivity index (χ0) is 8.60. The molecule has 1 aliphatic heterocycles. The molecule has 2 aliphatic rings. The van der Waals surface area contributed by atoms with Crippen molar-refractivity contribution in [3.8, 4) is 0 Å². The summed E-state index contributed by atoms with van der Waals surface area (Å²) in [6.45, 7) is 7.64. The van der Waals surface area contributed by atoms with Crippen LogP contribution in [0.4, 0.5) is 0 Å². The molecule has 0 bridgehead atoms. The van der Waals surface area contributed by atoms with Crippen LogP contribution in [-0.2, 0) is 4.74 Å². The Morgan fingerprint density at radius 2 is 1.92 bits per heavy atom. The SMILES string of the molecule is CC(C)N1CCOCCC12CC2. The van der Waals surface area contributed by atoms with Crippen molar-refractivity contribution in [1.82, 2.24) is 4.90 Å². The molecule has 0 aromatic carbocycles. The average Bonchev–Trinajstić information content (AvgIpc) is 2.80. The van der Waals surface area contributed by atoms with Crippen LogP contribution in [0.25, 0.3) is 0 Å². The van der Waals surface area contributed by atoms with Gasteiger partial charge in [0.1, 0.15) is 0 Å². The molecule has 1 heterocycles. The summed E-state index contributed by atoms with van der Waals surface area (Å²) in [5.41, 5.74) is 0.560. The highest BCUT2D eigenvalue weighted by Gasteiger charge is 2.48. The van der Waals surface area contributed by atoms with Crippen LogP contribution in [0.5, 0.6) is 0 Å². The van der Waals surface area contributed by atoms with E-state index in [0.717, 1.165) is 19.8 Å². The minimum atomic E-state index is 0.560. The number of ether oxygens (including phenoxy) is 1. The summed E-state index contributed by atoms with van der Waals surface area (Å²) in [6, 6.07) is 0.689. The van der Waals surface area contributed by atoms with Gasteiger partial charge in [0.25, 0.3) is 0 Å². The molecule has 12 heavy (non-hydrogen) atoms. The van der Waals surface area contributed by atoms with E-state index in [1.807, 2.05) is 0 Å². The third-order valence-corrected chi connectivity index (χ3v) is 3.25. The van der Waals surface area contributed by atoms with Crippen LogP contribution >= 0.6 is 0 Å². The van der Waals surface area contributed by atoms with Crippen molar-refractivity contribution >= 4 is 0 Å². The second kappa shape index (κ2) is 3.00. The van der Waals surface area contributed by atoms with Crippen molar-refractivity contribution in [3.63, 3.8) is 0 Å². The average molecular weight is 169 g/mol.